The van der Waals surface area contributed by atoms with Crippen molar-refractivity contribution < 1.29 is 4.79 Å². The van der Waals surface area contributed by atoms with Crippen molar-refractivity contribution in [1.82, 2.24) is 19.9 Å². The number of amides is 1. The number of hydrogen-bond acceptors (Lipinski definition) is 5. The minimum Gasteiger partial charge on any atom is -0.338 e. The predicted molar refractivity (Wildman–Crippen MR) is 114 cm³/mol. The number of likely N-dealkylation sites (tertiary alicyclic amines) is 1. The smallest absolute Gasteiger partial charge is 0.255 e. The number of rotatable bonds is 4. The van der Waals surface area contributed by atoms with E-state index in [1.807, 2.05) is 4.90 Å². The number of carbonyl (C=O) groups is 1. The lowest BCUT2D eigenvalue weighted by Crippen LogP contribution is -2.50. The Morgan fingerprint density at radius 2 is 2.00 bits per heavy atom. The molecule has 3 N–H and O–H groups in total. The van der Waals surface area contributed by atoms with Gasteiger partial charge in [0.15, 0.2) is 0 Å². The van der Waals surface area contributed by atoms with Gasteiger partial charge in [0.05, 0.1) is 6.42 Å². The van der Waals surface area contributed by atoms with Crippen LogP contribution in [0.1, 0.15) is 31.0 Å². The Balaban J connectivity index is 0.00000196. The van der Waals surface area contributed by atoms with Crippen LogP contribution in [0.5, 0.6) is 0 Å². The van der Waals surface area contributed by atoms with Gasteiger partial charge < -0.3 is 15.6 Å². The average molecular weight is 428 g/mol. The van der Waals surface area contributed by atoms with E-state index < -0.39 is 0 Å². The number of hydrogen-bond donors (Lipinski definition) is 2. The van der Waals surface area contributed by atoms with Crippen molar-refractivity contribution in [2.45, 2.75) is 39.2 Å². The first-order chi connectivity index (χ1) is 12.5. The molecule has 2 unspecified atom stereocenters. The zero-order valence-corrected chi connectivity index (χ0v) is 17.7. The van der Waals surface area contributed by atoms with Crippen LogP contribution in [0.2, 0.25) is 0 Å². The van der Waals surface area contributed by atoms with E-state index >= 15 is 0 Å². The van der Waals surface area contributed by atoms with E-state index in [1.54, 1.807) is 31.5 Å². The molecule has 1 saturated heterocycles. The Morgan fingerprint density at radius 1 is 1.32 bits per heavy atom. The fraction of sp³-hybridized carbons (Fsp3) is 0.474. The molecule has 154 valence electrons. The van der Waals surface area contributed by atoms with Crippen LogP contribution in [0, 0.1) is 12.8 Å². The highest BCUT2D eigenvalue weighted by molar-refractivity contribution is 5.85. The zero-order valence-electron chi connectivity index (χ0n) is 16.1. The number of carbonyl (C=O) groups excluding carboxylic acids is 1. The lowest BCUT2D eigenvalue weighted by Gasteiger charge is -2.38. The Bertz CT molecular complexity index is 844. The standard InChI is InChI=1S/C19H25N5O2.2ClH/c1-12-5-8-24(15(9-12)11-20)17(25)10-16-13(2)22-18(23-19(16)26)14-3-6-21-7-4-14;;/h3-4,6-7,12,15H,5,8-11,20H2,1-2H3,(H,22,23,26);2*1H. The van der Waals surface area contributed by atoms with Crippen molar-refractivity contribution in [3.63, 3.8) is 0 Å². The van der Waals surface area contributed by atoms with Crippen molar-refractivity contribution in [3.8, 4) is 11.4 Å². The van der Waals surface area contributed by atoms with Crippen LogP contribution < -0.4 is 11.3 Å². The van der Waals surface area contributed by atoms with E-state index in [2.05, 4.69) is 21.9 Å². The lowest BCUT2D eigenvalue weighted by molar-refractivity contribution is -0.134. The van der Waals surface area contributed by atoms with Crippen LogP contribution in [0.15, 0.2) is 29.3 Å². The summed E-state index contributed by atoms with van der Waals surface area (Å²) < 4.78 is 0. The van der Waals surface area contributed by atoms with Gasteiger partial charge in [-0.05, 0) is 37.8 Å². The summed E-state index contributed by atoms with van der Waals surface area (Å²) in [5, 5.41) is 0. The molecule has 9 heteroatoms. The van der Waals surface area contributed by atoms with E-state index in [9.17, 15) is 9.59 Å². The van der Waals surface area contributed by atoms with Crippen LogP contribution in [0.4, 0.5) is 0 Å². The number of aromatic nitrogens is 3. The molecule has 2 aromatic heterocycles. The minimum atomic E-state index is -0.271. The summed E-state index contributed by atoms with van der Waals surface area (Å²) in [6.45, 7) is 5.09. The number of nitrogens with zero attached hydrogens (tertiary/aromatic N) is 3. The summed E-state index contributed by atoms with van der Waals surface area (Å²) in [6.07, 6.45) is 5.22. The van der Waals surface area contributed by atoms with Gasteiger partial charge in [-0.15, -0.1) is 24.8 Å². The SMILES string of the molecule is Cc1nc(-c2ccncc2)[nH]c(=O)c1CC(=O)N1CCC(C)CC1CN.Cl.Cl. The maximum absolute atomic E-state index is 12.8. The highest BCUT2D eigenvalue weighted by atomic mass is 35.5. The van der Waals surface area contributed by atoms with Gasteiger partial charge in [-0.25, -0.2) is 4.98 Å². The van der Waals surface area contributed by atoms with Gasteiger partial charge in [0.25, 0.3) is 5.56 Å². The van der Waals surface area contributed by atoms with Crippen LogP contribution in [0.25, 0.3) is 11.4 Å². The average Bonchev–Trinajstić information content (AvgIpc) is 2.64. The largest absolute Gasteiger partial charge is 0.338 e. The van der Waals surface area contributed by atoms with E-state index in [1.165, 1.54) is 0 Å². The third kappa shape index (κ3) is 5.31. The van der Waals surface area contributed by atoms with E-state index in [0.717, 1.165) is 18.4 Å². The second-order valence-electron chi connectivity index (χ2n) is 7.00. The van der Waals surface area contributed by atoms with Gasteiger partial charge in [-0.3, -0.25) is 14.6 Å². The molecule has 0 aliphatic carbocycles. The van der Waals surface area contributed by atoms with E-state index in [0.29, 0.717) is 36.1 Å². The van der Waals surface area contributed by atoms with Crippen LogP contribution >= 0.6 is 24.8 Å². The first-order valence-corrected chi connectivity index (χ1v) is 8.99. The molecule has 28 heavy (non-hydrogen) atoms. The van der Waals surface area contributed by atoms with Crippen molar-refractivity contribution in [1.29, 1.82) is 0 Å². The topological polar surface area (TPSA) is 105 Å². The number of nitrogens with one attached hydrogen (secondary N) is 1. The number of aryl methyl sites for hydroxylation is 1. The Morgan fingerprint density at radius 3 is 2.61 bits per heavy atom. The normalized spacial score (nSPS) is 18.8. The van der Waals surface area contributed by atoms with E-state index in [-0.39, 0.29) is 48.7 Å². The molecule has 7 nitrogen and oxygen atoms in total. The van der Waals surface area contributed by atoms with Gasteiger partial charge in [0.1, 0.15) is 5.82 Å². The molecule has 0 aromatic carbocycles. The van der Waals surface area contributed by atoms with Crippen LogP contribution in [-0.4, -0.2) is 44.9 Å². The van der Waals surface area contributed by atoms with Crippen molar-refractivity contribution in [3.05, 3.63) is 46.1 Å². The van der Waals surface area contributed by atoms with Gasteiger partial charge in [-0.2, -0.15) is 0 Å². The first-order valence-electron chi connectivity index (χ1n) is 8.99. The predicted octanol–water partition coefficient (Wildman–Crippen LogP) is 2.11. The summed E-state index contributed by atoms with van der Waals surface area (Å²) in [5.41, 5.74) is 7.36. The Labute approximate surface area is 177 Å². The quantitative estimate of drug-likeness (QED) is 0.776. The van der Waals surface area contributed by atoms with Crippen LogP contribution in [0.3, 0.4) is 0 Å². The number of H-pyrrole nitrogens is 1. The molecule has 2 aromatic rings. The first kappa shape index (κ1) is 24.1. The number of nitrogens with two attached hydrogens (primary N) is 1. The summed E-state index contributed by atoms with van der Waals surface area (Å²) in [6, 6.07) is 3.61. The van der Waals surface area contributed by atoms with Crippen molar-refractivity contribution in [2.75, 3.05) is 13.1 Å². The van der Waals surface area contributed by atoms with Gasteiger partial charge >= 0.3 is 0 Å². The maximum atomic E-state index is 12.8. The van der Waals surface area contributed by atoms with Crippen molar-refractivity contribution >= 4 is 30.7 Å². The van der Waals surface area contributed by atoms with Gasteiger partial charge in [0, 0.05) is 48.3 Å². The summed E-state index contributed by atoms with van der Waals surface area (Å²) in [5.74, 6) is 0.996. The molecule has 2 atom stereocenters. The molecule has 1 aliphatic heterocycles. The second-order valence-corrected chi connectivity index (χ2v) is 7.00. The molecule has 0 radical (unpaired) electrons. The molecular weight excluding hydrogens is 401 g/mol. The monoisotopic (exact) mass is 427 g/mol. The van der Waals surface area contributed by atoms with Crippen LogP contribution in [-0.2, 0) is 11.2 Å². The number of halogens is 2. The number of aromatic amines is 1. The third-order valence-electron chi connectivity index (χ3n) is 5.07. The van der Waals surface area contributed by atoms with E-state index in [4.69, 9.17) is 5.73 Å². The highest BCUT2D eigenvalue weighted by Gasteiger charge is 2.29. The highest BCUT2D eigenvalue weighted by Crippen LogP contribution is 2.23. The molecule has 1 aliphatic rings. The Kier molecular flexibility index (Phi) is 9.07. The molecule has 3 rings (SSSR count). The lowest BCUT2D eigenvalue weighted by atomic mass is 9.92. The second kappa shape index (κ2) is 10.5. The van der Waals surface area contributed by atoms with Crippen molar-refractivity contribution in [2.24, 2.45) is 11.7 Å². The van der Waals surface area contributed by atoms with Gasteiger partial charge in [0.2, 0.25) is 5.91 Å². The fourth-order valence-corrected chi connectivity index (χ4v) is 3.52. The third-order valence-corrected chi connectivity index (χ3v) is 5.07. The molecule has 0 spiro atoms. The molecule has 3 heterocycles. The number of piperidine rings is 1. The maximum Gasteiger partial charge on any atom is 0.255 e. The molecule has 0 bridgehead atoms. The molecule has 0 saturated carbocycles. The zero-order chi connectivity index (χ0) is 18.7. The summed E-state index contributed by atoms with van der Waals surface area (Å²) in [7, 11) is 0. The summed E-state index contributed by atoms with van der Waals surface area (Å²) in [4.78, 5) is 38.4. The molecule has 1 fully saturated rings. The molecular formula is C19H27Cl2N5O2. The summed E-state index contributed by atoms with van der Waals surface area (Å²) >= 11 is 0. The minimum absolute atomic E-state index is 0. The Hall–Kier alpha value is -1.96. The van der Waals surface area contributed by atoms with Gasteiger partial charge in [-0.1, -0.05) is 6.92 Å². The molecule has 1 amide bonds. The number of pyridine rings is 1. The fourth-order valence-electron chi connectivity index (χ4n) is 3.52.